The third-order valence-electron chi connectivity index (χ3n) is 1.58. The van der Waals surface area contributed by atoms with Crippen LogP contribution in [0.4, 0.5) is 11.9 Å². The van der Waals surface area contributed by atoms with E-state index in [2.05, 4.69) is 21.9 Å². The van der Waals surface area contributed by atoms with Crippen molar-refractivity contribution < 1.29 is 4.74 Å². The SMILES string of the molecule is CCC/C=C/COc1nc(N)nc(N)n1. The van der Waals surface area contributed by atoms with Crippen LogP contribution in [-0.2, 0) is 0 Å². The van der Waals surface area contributed by atoms with E-state index < -0.39 is 0 Å². The van der Waals surface area contributed by atoms with Gasteiger partial charge < -0.3 is 16.2 Å². The summed E-state index contributed by atoms with van der Waals surface area (Å²) in [7, 11) is 0. The maximum absolute atomic E-state index is 5.37. The van der Waals surface area contributed by atoms with Gasteiger partial charge in [-0.05, 0) is 6.42 Å². The Morgan fingerprint density at radius 2 is 1.80 bits per heavy atom. The minimum Gasteiger partial charge on any atom is -0.459 e. The van der Waals surface area contributed by atoms with Gasteiger partial charge in [0.25, 0.3) is 0 Å². The molecule has 0 aliphatic rings. The lowest BCUT2D eigenvalue weighted by atomic mass is 10.3. The molecule has 0 fully saturated rings. The van der Waals surface area contributed by atoms with Gasteiger partial charge in [0.15, 0.2) is 0 Å². The molecule has 0 saturated heterocycles. The van der Waals surface area contributed by atoms with E-state index in [1.807, 2.05) is 12.2 Å². The number of nitrogens with zero attached hydrogens (tertiary/aromatic N) is 3. The lowest BCUT2D eigenvalue weighted by molar-refractivity contribution is 0.333. The van der Waals surface area contributed by atoms with Crippen molar-refractivity contribution >= 4 is 11.9 Å². The zero-order valence-corrected chi connectivity index (χ0v) is 8.68. The van der Waals surface area contributed by atoms with Crippen molar-refractivity contribution in [2.45, 2.75) is 19.8 Å². The number of nitrogen functional groups attached to an aromatic ring is 2. The van der Waals surface area contributed by atoms with Crippen LogP contribution in [0.15, 0.2) is 12.2 Å². The summed E-state index contributed by atoms with van der Waals surface area (Å²) in [5.41, 5.74) is 10.7. The van der Waals surface area contributed by atoms with Gasteiger partial charge in [-0.25, -0.2) is 0 Å². The molecule has 82 valence electrons. The first-order valence-electron chi connectivity index (χ1n) is 4.77. The van der Waals surface area contributed by atoms with Crippen LogP contribution in [0.2, 0.25) is 0 Å². The van der Waals surface area contributed by atoms with Crippen LogP contribution < -0.4 is 16.2 Å². The fourth-order valence-corrected chi connectivity index (χ4v) is 0.928. The largest absolute Gasteiger partial charge is 0.459 e. The number of hydrogen-bond donors (Lipinski definition) is 2. The first-order chi connectivity index (χ1) is 7.22. The number of allylic oxidation sites excluding steroid dienone is 1. The van der Waals surface area contributed by atoms with Crippen LogP contribution in [0, 0.1) is 0 Å². The Morgan fingerprint density at radius 3 is 2.40 bits per heavy atom. The van der Waals surface area contributed by atoms with Crippen molar-refractivity contribution in [2.75, 3.05) is 18.1 Å². The van der Waals surface area contributed by atoms with Crippen LogP contribution in [0.5, 0.6) is 6.01 Å². The number of hydrogen-bond acceptors (Lipinski definition) is 6. The molecule has 6 nitrogen and oxygen atoms in total. The van der Waals surface area contributed by atoms with E-state index in [0.29, 0.717) is 6.61 Å². The molecule has 0 atom stereocenters. The van der Waals surface area contributed by atoms with E-state index in [4.69, 9.17) is 16.2 Å². The summed E-state index contributed by atoms with van der Waals surface area (Å²) in [5.74, 6) is 0.130. The zero-order chi connectivity index (χ0) is 11.1. The molecule has 4 N–H and O–H groups in total. The van der Waals surface area contributed by atoms with Crippen molar-refractivity contribution in [3.63, 3.8) is 0 Å². The Labute approximate surface area is 88.4 Å². The number of unbranched alkanes of at least 4 members (excludes halogenated alkanes) is 1. The highest BCUT2D eigenvalue weighted by atomic mass is 16.5. The molecule has 0 unspecified atom stereocenters. The fourth-order valence-electron chi connectivity index (χ4n) is 0.928. The molecule has 0 amide bonds. The smallest absolute Gasteiger partial charge is 0.323 e. The van der Waals surface area contributed by atoms with E-state index in [9.17, 15) is 0 Å². The number of aromatic nitrogens is 3. The van der Waals surface area contributed by atoms with Crippen molar-refractivity contribution in [3.05, 3.63) is 12.2 Å². The van der Waals surface area contributed by atoms with Gasteiger partial charge >= 0.3 is 6.01 Å². The summed E-state index contributed by atoms with van der Waals surface area (Å²) in [5, 5.41) is 0. The lowest BCUT2D eigenvalue weighted by Crippen LogP contribution is -2.06. The van der Waals surface area contributed by atoms with E-state index in [0.717, 1.165) is 12.8 Å². The first kappa shape index (κ1) is 11.2. The molecule has 15 heavy (non-hydrogen) atoms. The van der Waals surface area contributed by atoms with Crippen molar-refractivity contribution in [1.29, 1.82) is 0 Å². The highest BCUT2D eigenvalue weighted by molar-refractivity contribution is 5.27. The third kappa shape index (κ3) is 4.26. The summed E-state index contributed by atoms with van der Waals surface area (Å²) < 4.78 is 5.21. The quantitative estimate of drug-likeness (QED) is 0.695. The minimum absolute atomic E-state index is 0.0648. The molecular formula is C9H15N5O. The number of ether oxygens (including phenoxy) is 1. The maximum atomic E-state index is 5.37. The normalized spacial score (nSPS) is 10.7. The Hall–Kier alpha value is -1.85. The van der Waals surface area contributed by atoms with Gasteiger partial charge in [0, 0.05) is 0 Å². The Morgan fingerprint density at radius 1 is 1.13 bits per heavy atom. The summed E-state index contributed by atoms with van der Waals surface area (Å²) in [6, 6.07) is 0.154. The van der Waals surface area contributed by atoms with Crippen molar-refractivity contribution in [2.24, 2.45) is 0 Å². The van der Waals surface area contributed by atoms with Crippen LogP contribution in [-0.4, -0.2) is 21.6 Å². The molecule has 0 saturated carbocycles. The standard InChI is InChI=1S/C9H15N5O/c1-2-3-4-5-6-15-9-13-7(10)12-8(11)14-9/h4-5H,2-3,6H2,1H3,(H4,10,11,12,13,14)/b5-4+. The summed E-state index contributed by atoms with van der Waals surface area (Å²) in [6.07, 6.45) is 6.08. The number of rotatable bonds is 5. The predicted octanol–water partition coefficient (Wildman–Crippen LogP) is 0.771. The van der Waals surface area contributed by atoms with Crippen LogP contribution in [0.1, 0.15) is 19.8 Å². The molecule has 0 bridgehead atoms. The van der Waals surface area contributed by atoms with Gasteiger partial charge in [-0.3, -0.25) is 0 Å². The molecule has 1 rings (SSSR count). The average molecular weight is 209 g/mol. The Kier molecular flexibility index (Phi) is 4.33. The van der Waals surface area contributed by atoms with Crippen LogP contribution >= 0.6 is 0 Å². The van der Waals surface area contributed by atoms with E-state index >= 15 is 0 Å². The Bertz CT molecular complexity index is 319. The highest BCUT2D eigenvalue weighted by Gasteiger charge is 2.00. The molecule has 0 spiro atoms. The molecule has 0 aliphatic heterocycles. The van der Waals surface area contributed by atoms with E-state index in [1.165, 1.54) is 0 Å². The molecule has 0 aromatic carbocycles. The second-order valence-corrected chi connectivity index (χ2v) is 2.91. The van der Waals surface area contributed by atoms with Crippen molar-refractivity contribution in [1.82, 2.24) is 15.0 Å². The third-order valence-corrected chi connectivity index (χ3v) is 1.58. The van der Waals surface area contributed by atoms with Gasteiger partial charge in [-0.15, -0.1) is 0 Å². The molecule has 0 aliphatic carbocycles. The summed E-state index contributed by atoms with van der Waals surface area (Å²) in [4.78, 5) is 11.2. The van der Waals surface area contributed by atoms with E-state index in [-0.39, 0.29) is 17.9 Å². The average Bonchev–Trinajstić information content (AvgIpc) is 2.16. The Balaban J connectivity index is 2.43. The molecule has 1 aromatic heterocycles. The van der Waals surface area contributed by atoms with Gasteiger partial charge in [-0.2, -0.15) is 15.0 Å². The highest BCUT2D eigenvalue weighted by Crippen LogP contribution is 2.05. The van der Waals surface area contributed by atoms with Gasteiger partial charge in [-0.1, -0.05) is 25.5 Å². The summed E-state index contributed by atoms with van der Waals surface area (Å²) in [6.45, 7) is 2.52. The predicted molar refractivity (Wildman–Crippen MR) is 58.2 cm³/mol. The zero-order valence-electron chi connectivity index (χ0n) is 8.68. The number of nitrogens with two attached hydrogens (primary N) is 2. The number of anilines is 2. The fraction of sp³-hybridized carbons (Fsp3) is 0.444. The monoisotopic (exact) mass is 209 g/mol. The molecule has 0 radical (unpaired) electrons. The lowest BCUT2D eigenvalue weighted by Gasteiger charge is -2.01. The van der Waals surface area contributed by atoms with E-state index in [1.54, 1.807) is 0 Å². The summed E-state index contributed by atoms with van der Waals surface area (Å²) >= 11 is 0. The molecule has 1 aromatic rings. The van der Waals surface area contributed by atoms with Crippen molar-refractivity contribution in [3.8, 4) is 6.01 Å². The van der Waals surface area contributed by atoms with Gasteiger partial charge in [0.05, 0.1) is 0 Å². The topological polar surface area (TPSA) is 99.9 Å². The van der Waals surface area contributed by atoms with Crippen LogP contribution in [0.3, 0.4) is 0 Å². The van der Waals surface area contributed by atoms with Gasteiger partial charge in [0.2, 0.25) is 11.9 Å². The molecular weight excluding hydrogens is 194 g/mol. The maximum Gasteiger partial charge on any atom is 0.323 e. The van der Waals surface area contributed by atoms with Crippen LogP contribution in [0.25, 0.3) is 0 Å². The van der Waals surface area contributed by atoms with Gasteiger partial charge in [0.1, 0.15) is 6.61 Å². The second kappa shape index (κ2) is 5.79. The molecule has 6 heteroatoms. The molecule has 1 heterocycles. The minimum atomic E-state index is 0.0648. The second-order valence-electron chi connectivity index (χ2n) is 2.91. The first-order valence-corrected chi connectivity index (χ1v) is 4.77.